The average Bonchev–Trinajstić information content (AvgIpc) is 3.03. The van der Waals surface area contributed by atoms with Crippen LogP contribution >= 0.6 is 0 Å². The third-order valence-corrected chi connectivity index (χ3v) is 5.82. The second kappa shape index (κ2) is 7.40. The van der Waals surface area contributed by atoms with Gasteiger partial charge in [0, 0.05) is 31.7 Å². The van der Waals surface area contributed by atoms with Gasteiger partial charge in [0.05, 0.1) is 6.61 Å². The molecule has 0 aromatic heterocycles. The average molecular weight is 295 g/mol. The minimum Gasteiger partial charge on any atom is -0.381 e. The molecule has 0 saturated carbocycles. The maximum Gasteiger partial charge on any atom is 0.0546 e. The van der Waals surface area contributed by atoms with Crippen molar-refractivity contribution >= 4 is 0 Å². The third-order valence-electron chi connectivity index (χ3n) is 5.82. The van der Waals surface area contributed by atoms with Crippen molar-refractivity contribution in [1.82, 2.24) is 9.80 Å². The van der Waals surface area contributed by atoms with Crippen molar-refractivity contribution in [2.24, 2.45) is 17.1 Å². The van der Waals surface area contributed by atoms with Crippen LogP contribution in [-0.4, -0.2) is 68.8 Å². The molecular formula is C17H33N3O. The number of nitrogens with zero attached hydrogens (tertiary/aromatic N) is 2. The highest BCUT2D eigenvalue weighted by Crippen LogP contribution is 2.30. The van der Waals surface area contributed by atoms with Crippen LogP contribution in [0.5, 0.6) is 0 Å². The van der Waals surface area contributed by atoms with E-state index in [1.54, 1.807) is 0 Å². The van der Waals surface area contributed by atoms with Gasteiger partial charge in [0.25, 0.3) is 0 Å². The third kappa shape index (κ3) is 4.19. The van der Waals surface area contributed by atoms with Gasteiger partial charge in [-0.3, -0.25) is 0 Å². The highest BCUT2D eigenvalue weighted by atomic mass is 16.5. The van der Waals surface area contributed by atoms with Crippen LogP contribution in [0.4, 0.5) is 0 Å². The van der Waals surface area contributed by atoms with Crippen LogP contribution in [-0.2, 0) is 4.74 Å². The highest BCUT2D eigenvalue weighted by molar-refractivity contribution is 4.88. The highest BCUT2D eigenvalue weighted by Gasteiger charge is 2.34. The summed E-state index contributed by atoms with van der Waals surface area (Å²) in [6.45, 7) is 10.3. The lowest BCUT2D eigenvalue weighted by Gasteiger charge is -2.42. The van der Waals surface area contributed by atoms with E-state index in [0.717, 1.165) is 32.2 Å². The van der Waals surface area contributed by atoms with Crippen LogP contribution in [0.1, 0.15) is 38.5 Å². The molecule has 3 heterocycles. The monoisotopic (exact) mass is 295 g/mol. The Bertz CT molecular complexity index is 303. The summed E-state index contributed by atoms with van der Waals surface area (Å²) in [6.07, 6.45) is 8.01. The first-order chi connectivity index (χ1) is 10.3. The van der Waals surface area contributed by atoms with Gasteiger partial charge in [-0.2, -0.15) is 0 Å². The lowest BCUT2D eigenvalue weighted by Crippen LogP contribution is -2.50. The number of nitrogens with two attached hydrogens (primary N) is 1. The van der Waals surface area contributed by atoms with Gasteiger partial charge in [-0.25, -0.2) is 0 Å². The van der Waals surface area contributed by atoms with Crippen LogP contribution in [0.15, 0.2) is 0 Å². The van der Waals surface area contributed by atoms with E-state index in [0.29, 0.717) is 0 Å². The molecule has 4 nitrogen and oxygen atoms in total. The van der Waals surface area contributed by atoms with E-state index in [-0.39, 0.29) is 5.41 Å². The predicted molar refractivity (Wildman–Crippen MR) is 86.4 cm³/mol. The van der Waals surface area contributed by atoms with Gasteiger partial charge in [0.2, 0.25) is 0 Å². The molecule has 0 spiro atoms. The van der Waals surface area contributed by atoms with Crippen molar-refractivity contribution in [1.29, 1.82) is 0 Å². The molecule has 3 fully saturated rings. The van der Waals surface area contributed by atoms with E-state index in [9.17, 15) is 0 Å². The lowest BCUT2D eigenvalue weighted by molar-refractivity contribution is -0.0270. The molecule has 0 aromatic rings. The lowest BCUT2D eigenvalue weighted by atomic mass is 9.81. The summed E-state index contributed by atoms with van der Waals surface area (Å²) in [5.41, 5.74) is 6.31. The Morgan fingerprint density at radius 3 is 2.38 bits per heavy atom. The SMILES string of the molecule is NCC1(CN2CCC(CN3CCCC3)CC2)CCCOC1. The second-order valence-corrected chi connectivity index (χ2v) is 7.59. The van der Waals surface area contributed by atoms with Gasteiger partial charge in [-0.1, -0.05) is 0 Å². The standard InChI is InChI=1S/C17H33N3O/c18-13-17(6-3-11-21-15-17)14-20-9-4-16(5-10-20)12-19-7-1-2-8-19/h16H,1-15,18H2. The van der Waals surface area contributed by atoms with E-state index in [4.69, 9.17) is 10.5 Å². The Morgan fingerprint density at radius 1 is 1.00 bits per heavy atom. The summed E-state index contributed by atoms with van der Waals surface area (Å²) in [4.78, 5) is 5.33. The Kier molecular flexibility index (Phi) is 5.54. The van der Waals surface area contributed by atoms with Crippen LogP contribution in [0.2, 0.25) is 0 Å². The van der Waals surface area contributed by atoms with Crippen molar-refractivity contribution in [2.75, 3.05) is 59.0 Å². The van der Waals surface area contributed by atoms with Gasteiger partial charge in [-0.15, -0.1) is 0 Å². The van der Waals surface area contributed by atoms with E-state index in [2.05, 4.69) is 9.80 Å². The quantitative estimate of drug-likeness (QED) is 0.835. The minimum absolute atomic E-state index is 0.236. The normalized spacial score (nSPS) is 33.6. The fraction of sp³-hybridized carbons (Fsp3) is 1.00. The van der Waals surface area contributed by atoms with Crippen LogP contribution in [0, 0.1) is 11.3 Å². The molecule has 0 bridgehead atoms. The van der Waals surface area contributed by atoms with Crippen molar-refractivity contribution in [3.8, 4) is 0 Å². The van der Waals surface area contributed by atoms with Gasteiger partial charge in [0.15, 0.2) is 0 Å². The van der Waals surface area contributed by atoms with Gasteiger partial charge in [-0.05, 0) is 70.6 Å². The molecule has 21 heavy (non-hydrogen) atoms. The molecule has 0 aliphatic carbocycles. The van der Waals surface area contributed by atoms with Gasteiger partial charge in [0.1, 0.15) is 0 Å². The molecule has 122 valence electrons. The first-order valence-electron chi connectivity index (χ1n) is 9.02. The second-order valence-electron chi connectivity index (χ2n) is 7.59. The molecule has 1 unspecified atom stereocenters. The number of ether oxygens (including phenoxy) is 1. The van der Waals surface area contributed by atoms with Gasteiger partial charge >= 0.3 is 0 Å². The molecule has 4 heteroatoms. The Morgan fingerprint density at radius 2 is 1.76 bits per heavy atom. The van der Waals surface area contributed by atoms with Crippen molar-refractivity contribution < 1.29 is 4.74 Å². The maximum absolute atomic E-state index is 6.08. The Balaban J connectivity index is 1.42. The van der Waals surface area contributed by atoms with Crippen molar-refractivity contribution in [3.05, 3.63) is 0 Å². The van der Waals surface area contributed by atoms with Crippen LogP contribution < -0.4 is 5.73 Å². The first-order valence-corrected chi connectivity index (χ1v) is 9.02. The zero-order chi connectivity index (χ0) is 14.5. The largest absolute Gasteiger partial charge is 0.381 e. The minimum atomic E-state index is 0.236. The summed E-state index contributed by atoms with van der Waals surface area (Å²) in [6, 6.07) is 0. The van der Waals surface area contributed by atoms with E-state index in [1.807, 2.05) is 0 Å². The predicted octanol–water partition coefficient (Wildman–Crippen LogP) is 1.55. The van der Waals surface area contributed by atoms with Gasteiger partial charge < -0.3 is 20.3 Å². The molecule has 0 amide bonds. The summed E-state index contributed by atoms with van der Waals surface area (Å²) >= 11 is 0. The molecule has 1 atom stereocenters. The maximum atomic E-state index is 6.08. The Hall–Kier alpha value is -0.160. The van der Waals surface area contributed by atoms with E-state index in [1.165, 1.54) is 71.2 Å². The number of hydrogen-bond acceptors (Lipinski definition) is 4. The van der Waals surface area contributed by atoms with E-state index < -0.39 is 0 Å². The van der Waals surface area contributed by atoms with Crippen molar-refractivity contribution in [3.63, 3.8) is 0 Å². The molecule has 3 aliphatic heterocycles. The summed E-state index contributed by atoms with van der Waals surface area (Å²) in [5.74, 6) is 0.927. The fourth-order valence-corrected chi connectivity index (χ4v) is 4.39. The molecule has 2 N–H and O–H groups in total. The smallest absolute Gasteiger partial charge is 0.0546 e. The summed E-state index contributed by atoms with van der Waals surface area (Å²) < 4.78 is 5.71. The molecule has 0 radical (unpaired) electrons. The number of hydrogen-bond donors (Lipinski definition) is 1. The molecule has 3 rings (SSSR count). The van der Waals surface area contributed by atoms with Crippen LogP contribution in [0.25, 0.3) is 0 Å². The van der Waals surface area contributed by atoms with Crippen molar-refractivity contribution in [2.45, 2.75) is 38.5 Å². The zero-order valence-electron chi connectivity index (χ0n) is 13.6. The van der Waals surface area contributed by atoms with Crippen LogP contribution in [0.3, 0.4) is 0 Å². The topological polar surface area (TPSA) is 41.7 Å². The number of piperidine rings is 1. The summed E-state index contributed by atoms with van der Waals surface area (Å²) in [5, 5.41) is 0. The molecule has 3 aliphatic rings. The van der Waals surface area contributed by atoms with E-state index >= 15 is 0 Å². The summed E-state index contributed by atoms with van der Waals surface area (Å²) in [7, 11) is 0. The number of likely N-dealkylation sites (tertiary alicyclic amines) is 2. The molecule has 0 aromatic carbocycles. The Labute approximate surface area is 130 Å². The fourth-order valence-electron chi connectivity index (χ4n) is 4.39. The molecule has 3 saturated heterocycles. The first kappa shape index (κ1) is 15.7. The number of rotatable bonds is 5. The molecular weight excluding hydrogens is 262 g/mol. The zero-order valence-corrected chi connectivity index (χ0v) is 13.6.